The molecule has 6 nitrogen and oxygen atoms in total. The maximum atomic E-state index is 12.3. The molecular formula is C11H8F3N3O3S. The van der Waals surface area contributed by atoms with Gasteiger partial charge in [-0.15, -0.1) is 11.3 Å². The van der Waals surface area contributed by atoms with E-state index in [1.54, 1.807) is 0 Å². The summed E-state index contributed by atoms with van der Waals surface area (Å²) in [6, 6.07) is 2.07. The van der Waals surface area contributed by atoms with Crippen molar-refractivity contribution in [1.82, 2.24) is 9.78 Å². The van der Waals surface area contributed by atoms with Crippen LogP contribution in [0.15, 0.2) is 23.7 Å². The second-order valence-corrected chi connectivity index (χ2v) is 4.83. The van der Waals surface area contributed by atoms with Crippen molar-refractivity contribution >= 4 is 28.2 Å². The Hall–Kier alpha value is -2.36. The van der Waals surface area contributed by atoms with Crippen LogP contribution >= 0.6 is 11.3 Å². The van der Waals surface area contributed by atoms with Crippen LogP contribution in [0.25, 0.3) is 0 Å². The van der Waals surface area contributed by atoms with Gasteiger partial charge in [0.25, 0.3) is 0 Å². The minimum absolute atomic E-state index is 0.0789. The molecule has 0 fully saturated rings. The number of aromatic carboxylic acids is 1. The normalized spacial score (nSPS) is 11.4. The zero-order chi connectivity index (χ0) is 15.6. The summed E-state index contributed by atoms with van der Waals surface area (Å²) >= 11 is 1.00. The van der Waals surface area contributed by atoms with E-state index in [1.165, 1.54) is 11.4 Å². The van der Waals surface area contributed by atoms with E-state index in [4.69, 9.17) is 5.11 Å². The summed E-state index contributed by atoms with van der Waals surface area (Å²) < 4.78 is 37.9. The second kappa shape index (κ2) is 5.56. The van der Waals surface area contributed by atoms with E-state index < -0.39 is 30.3 Å². The van der Waals surface area contributed by atoms with E-state index in [0.29, 0.717) is 0 Å². The molecule has 0 aliphatic heterocycles. The molecule has 0 spiro atoms. The molecule has 10 heteroatoms. The number of amides is 1. The predicted octanol–water partition coefficient (Wildman–Crippen LogP) is 2.30. The fraction of sp³-hybridized carbons (Fsp3) is 0.182. The van der Waals surface area contributed by atoms with E-state index in [0.717, 1.165) is 28.3 Å². The Morgan fingerprint density at radius 1 is 1.38 bits per heavy atom. The van der Waals surface area contributed by atoms with E-state index in [-0.39, 0.29) is 10.6 Å². The predicted molar refractivity (Wildman–Crippen MR) is 67.1 cm³/mol. The van der Waals surface area contributed by atoms with Gasteiger partial charge in [0.15, 0.2) is 5.69 Å². The molecule has 0 radical (unpaired) electrons. The lowest BCUT2D eigenvalue weighted by Crippen LogP contribution is -2.20. The molecule has 0 aliphatic rings. The molecule has 0 saturated heterocycles. The van der Waals surface area contributed by atoms with Crippen molar-refractivity contribution in [3.8, 4) is 0 Å². The average Bonchev–Trinajstić information content (AvgIpc) is 2.96. The molecule has 2 rings (SSSR count). The number of anilines is 1. The summed E-state index contributed by atoms with van der Waals surface area (Å²) in [5.41, 5.74) is -1.18. The third-order valence-corrected chi connectivity index (χ3v) is 3.22. The fourth-order valence-electron chi connectivity index (χ4n) is 1.49. The zero-order valence-corrected chi connectivity index (χ0v) is 11.0. The first-order valence-corrected chi connectivity index (χ1v) is 6.36. The highest BCUT2D eigenvalue weighted by Crippen LogP contribution is 2.27. The zero-order valence-electron chi connectivity index (χ0n) is 10.2. The number of carboxylic acid groups (broad SMARTS) is 1. The topological polar surface area (TPSA) is 84.2 Å². The number of rotatable bonds is 4. The van der Waals surface area contributed by atoms with Gasteiger partial charge in [0.1, 0.15) is 11.5 Å². The van der Waals surface area contributed by atoms with Crippen LogP contribution in [-0.4, -0.2) is 26.8 Å². The van der Waals surface area contributed by atoms with Crippen LogP contribution in [0.4, 0.5) is 18.2 Å². The maximum absolute atomic E-state index is 12.3. The molecular weight excluding hydrogens is 311 g/mol. The van der Waals surface area contributed by atoms with Crippen molar-refractivity contribution in [2.24, 2.45) is 0 Å². The van der Waals surface area contributed by atoms with Crippen molar-refractivity contribution in [2.75, 3.05) is 5.32 Å². The van der Waals surface area contributed by atoms with Gasteiger partial charge in [-0.1, -0.05) is 0 Å². The van der Waals surface area contributed by atoms with E-state index in [9.17, 15) is 22.8 Å². The minimum atomic E-state index is -4.58. The first-order valence-electron chi connectivity index (χ1n) is 5.48. The summed E-state index contributed by atoms with van der Waals surface area (Å²) in [7, 11) is 0. The summed E-state index contributed by atoms with van der Waals surface area (Å²) in [6.07, 6.45) is -3.55. The number of carbonyl (C=O) groups is 2. The van der Waals surface area contributed by atoms with Gasteiger partial charge in [0.05, 0.1) is 5.56 Å². The highest BCUT2D eigenvalue weighted by molar-refractivity contribution is 7.14. The first kappa shape index (κ1) is 15.0. The third kappa shape index (κ3) is 3.60. The minimum Gasteiger partial charge on any atom is -0.478 e. The molecule has 0 aliphatic carbocycles. The molecule has 1 amide bonds. The average molecular weight is 319 g/mol. The molecule has 0 saturated carbocycles. The number of hydrogen-bond acceptors (Lipinski definition) is 4. The van der Waals surface area contributed by atoms with Crippen LogP contribution in [0.5, 0.6) is 0 Å². The van der Waals surface area contributed by atoms with Crippen molar-refractivity contribution in [3.63, 3.8) is 0 Å². The fourth-order valence-corrected chi connectivity index (χ4v) is 2.28. The van der Waals surface area contributed by atoms with Crippen LogP contribution in [0.3, 0.4) is 0 Å². The number of carbonyl (C=O) groups excluding carboxylic acids is 1. The summed E-state index contributed by atoms with van der Waals surface area (Å²) in [5.74, 6) is -1.87. The van der Waals surface area contributed by atoms with Gasteiger partial charge in [-0.25, -0.2) is 4.79 Å². The lowest BCUT2D eigenvalue weighted by Gasteiger charge is -2.05. The quantitative estimate of drug-likeness (QED) is 0.905. The van der Waals surface area contributed by atoms with Crippen LogP contribution < -0.4 is 5.32 Å². The first-order chi connectivity index (χ1) is 9.77. The monoisotopic (exact) mass is 319 g/mol. The van der Waals surface area contributed by atoms with Gasteiger partial charge in [0, 0.05) is 6.20 Å². The van der Waals surface area contributed by atoms with Gasteiger partial charge in [-0.2, -0.15) is 18.3 Å². The van der Waals surface area contributed by atoms with Crippen molar-refractivity contribution in [2.45, 2.75) is 12.7 Å². The molecule has 2 aromatic heterocycles. The molecule has 0 aromatic carbocycles. The lowest BCUT2D eigenvalue weighted by atomic mass is 10.3. The highest BCUT2D eigenvalue weighted by Gasteiger charge is 2.33. The second-order valence-electron chi connectivity index (χ2n) is 3.91. The molecule has 0 unspecified atom stereocenters. The molecule has 112 valence electrons. The Labute approximate surface area is 119 Å². The van der Waals surface area contributed by atoms with E-state index >= 15 is 0 Å². The van der Waals surface area contributed by atoms with Crippen molar-refractivity contribution in [3.05, 3.63) is 35.0 Å². The molecule has 0 bridgehead atoms. The van der Waals surface area contributed by atoms with Gasteiger partial charge in [-0.3, -0.25) is 9.48 Å². The Balaban J connectivity index is 2.03. The summed E-state index contributed by atoms with van der Waals surface area (Å²) in [5, 5.41) is 16.0. The van der Waals surface area contributed by atoms with Gasteiger partial charge in [0.2, 0.25) is 5.91 Å². The number of nitrogens with one attached hydrogen (secondary N) is 1. The smallest absolute Gasteiger partial charge is 0.435 e. The van der Waals surface area contributed by atoms with Crippen LogP contribution in [0.1, 0.15) is 16.1 Å². The molecule has 2 heterocycles. The summed E-state index contributed by atoms with van der Waals surface area (Å²) in [6.45, 7) is -0.451. The number of alkyl halides is 3. The number of hydrogen-bond donors (Lipinski definition) is 2. The summed E-state index contributed by atoms with van der Waals surface area (Å²) in [4.78, 5) is 22.5. The Kier molecular flexibility index (Phi) is 3.98. The molecule has 21 heavy (non-hydrogen) atoms. The Bertz CT molecular complexity index is 678. The molecule has 2 aromatic rings. The highest BCUT2D eigenvalue weighted by atomic mass is 32.1. The largest absolute Gasteiger partial charge is 0.478 e. The number of carboxylic acids is 1. The van der Waals surface area contributed by atoms with Crippen LogP contribution in [0, 0.1) is 0 Å². The lowest BCUT2D eigenvalue weighted by molar-refractivity contribution is -0.141. The Morgan fingerprint density at radius 2 is 2.10 bits per heavy atom. The van der Waals surface area contributed by atoms with Gasteiger partial charge in [-0.05, 0) is 17.5 Å². The number of thiophene rings is 1. The van der Waals surface area contributed by atoms with Gasteiger partial charge >= 0.3 is 12.1 Å². The van der Waals surface area contributed by atoms with Crippen LogP contribution in [-0.2, 0) is 17.5 Å². The van der Waals surface area contributed by atoms with Crippen LogP contribution in [0.2, 0.25) is 0 Å². The standard InChI is InChI=1S/C11H8F3N3O3S/c12-11(13,14)7-1-3-17(16-7)5-8(18)15-9-6(10(19)20)2-4-21-9/h1-4H,5H2,(H,15,18)(H,19,20). The van der Waals surface area contributed by atoms with Crippen molar-refractivity contribution in [1.29, 1.82) is 0 Å². The van der Waals surface area contributed by atoms with E-state index in [1.807, 2.05) is 0 Å². The van der Waals surface area contributed by atoms with Crippen molar-refractivity contribution < 1.29 is 27.9 Å². The molecule has 0 atom stereocenters. The van der Waals surface area contributed by atoms with E-state index in [2.05, 4.69) is 10.4 Å². The van der Waals surface area contributed by atoms with Gasteiger partial charge < -0.3 is 10.4 Å². The molecule has 2 N–H and O–H groups in total. The SMILES string of the molecule is O=C(Cn1ccc(C(F)(F)F)n1)Nc1sccc1C(=O)O. The Morgan fingerprint density at radius 3 is 2.67 bits per heavy atom. The third-order valence-electron chi connectivity index (χ3n) is 2.39. The number of aromatic nitrogens is 2. The number of halogens is 3. The number of nitrogens with zero attached hydrogens (tertiary/aromatic N) is 2. The maximum Gasteiger partial charge on any atom is 0.435 e.